The zero-order chi connectivity index (χ0) is 16.4. The Kier molecular flexibility index (Phi) is 5.38. The molecular formula is C15H9Cl2FN2S3. The van der Waals surface area contributed by atoms with Crippen molar-refractivity contribution in [3.8, 4) is 5.69 Å². The Morgan fingerprint density at radius 2 is 1.78 bits per heavy atom. The fraction of sp³-hybridized carbons (Fsp3) is 0.0667. The number of halogens is 3. The van der Waals surface area contributed by atoms with Crippen molar-refractivity contribution in [3.05, 3.63) is 67.8 Å². The minimum Gasteiger partial charge on any atom is -0.211 e. The van der Waals surface area contributed by atoms with E-state index >= 15 is 0 Å². The summed E-state index contributed by atoms with van der Waals surface area (Å²) in [6, 6.07) is 11.5. The van der Waals surface area contributed by atoms with Crippen LogP contribution in [0.4, 0.5) is 4.39 Å². The van der Waals surface area contributed by atoms with Gasteiger partial charge in [0.15, 0.2) is 8.29 Å². The molecule has 0 spiro atoms. The van der Waals surface area contributed by atoms with Crippen LogP contribution in [0.2, 0.25) is 10.0 Å². The number of hydrogen-bond donors (Lipinski definition) is 0. The van der Waals surface area contributed by atoms with Crippen molar-refractivity contribution >= 4 is 58.5 Å². The second-order valence-electron chi connectivity index (χ2n) is 4.51. The number of aromatic nitrogens is 2. The van der Waals surface area contributed by atoms with Crippen molar-refractivity contribution in [3.63, 3.8) is 0 Å². The van der Waals surface area contributed by atoms with Crippen LogP contribution in [-0.2, 0) is 5.75 Å². The summed E-state index contributed by atoms with van der Waals surface area (Å²) in [7, 11) is 0. The normalized spacial score (nSPS) is 10.9. The summed E-state index contributed by atoms with van der Waals surface area (Å²) in [4.78, 5) is 0. The van der Waals surface area contributed by atoms with E-state index in [1.165, 1.54) is 35.2 Å². The molecule has 0 saturated heterocycles. The van der Waals surface area contributed by atoms with Crippen molar-refractivity contribution in [2.75, 3.05) is 0 Å². The summed E-state index contributed by atoms with van der Waals surface area (Å²) >= 11 is 20.6. The Morgan fingerprint density at radius 3 is 2.43 bits per heavy atom. The summed E-state index contributed by atoms with van der Waals surface area (Å²) < 4.78 is 16.0. The third-order valence-corrected chi connectivity index (χ3v) is 6.10. The van der Waals surface area contributed by atoms with Gasteiger partial charge in [0, 0.05) is 15.8 Å². The van der Waals surface area contributed by atoms with Gasteiger partial charge in [0.1, 0.15) is 5.82 Å². The Balaban J connectivity index is 1.81. The first kappa shape index (κ1) is 16.9. The maximum absolute atomic E-state index is 13.0. The van der Waals surface area contributed by atoms with E-state index in [2.05, 4.69) is 5.10 Å². The van der Waals surface area contributed by atoms with Crippen LogP contribution in [0.15, 0.2) is 46.8 Å². The van der Waals surface area contributed by atoms with E-state index in [4.69, 9.17) is 35.4 Å². The molecule has 1 heterocycles. The molecule has 0 radical (unpaired) electrons. The summed E-state index contributed by atoms with van der Waals surface area (Å²) in [6.07, 6.45) is 0. The molecule has 3 aromatic rings. The lowest BCUT2D eigenvalue weighted by Crippen LogP contribution is -1.96. The van der Waals surface area contributed by atoms with E-state index in [0.29, 0.717) is 19.8 Å². The van der Waals surface area contributed by atoms with Crippen molar-refractivity contribution in [2.24, 2.45) is 0 Å². The first-order valence-corrected chi connectivity index (χ1v) is 9.43. The van der Waals surface area contributed by atoms with Crippen molar-refractivity contribution < 1.29 is 4.39 Å². The average Bonchev–Trinajstić information content (AvgIpc) is 2.88. The molecule has 0 fully saturated rings. The first-order valence-electron chi connectivity index (χ1n) is 6.46. The van der Waals surface area contributed by atoms with E-state index in [0.717, 1.165) is 15.6 Å². The molecule has 2 nitrogen and oxygen atoms in total. The fourth-order valence-corrected chi connectivity index (χ4v) is 4.97. The fourth-order valence-electron chi connectivity index (χ4n) is 1.87. The van der Waals surface area contributed by atoms with Gasteiger partial charge >= 0.3 is 0 Å². The molecule has 0 atom stereocenters. The van der Waals surface area contributed by atoms with Crippen LogP contribution in [0.1, 0.15) is 5.56 Å². The van der Waals surface area contributed by atoms with E-state index in [1.807, 2.05) is 18.2 Å². The minimum absolute atomic E-state index is 0.293. The molecule has 8 heteroatoms. The topological polar surface area (TPSA) is 17.8 Å². The molecule has 23 heavy (non-hydrogen) atoms. The summed E-state index contributed by atoms with van der Waals surface area (Å²) in [6.45, 7) is 0. The quantitative estimate of drug-likeness (QED) is 0.371. The van der Waals surface area contributed by atoms with Gasteiger partial charge in [0.05, 0.1) is 5.69 Å². The van der Waals surface area contributed by atoms with Gasteiger partial charge in [0.2, 0.25) is 0 Å². The first-order chi connectivity index (χ1) is 11.0. The molecule has 0 unspecified atom stereocenters. The van der Waals surface area contributed by atoms with Crippen molar-refractivity contribution in [2.45, 2.75) is 10.1 Å². The molecule has 2 aromatic carbocycles. The largest absolute Gasteiger partial charge is 0.211 e. The molecule has 1 aromatic heterocycles. The van der Waals surface area contributed by atoms with E-state index in [9.17, 15) is 4.39 Å². The van der Waals surface area contributed by atoms with Crippen LogP contribution >= 0.6 is 58.5 Å². The molecule has 3 rings (SSSR count). The highest BCUT2D eigenvalue weighted by Crippen LogP contribution is 2.33. The lowest BCUT2D eigenvalue weighted by atomic mass is 10.2. The molecule has 0 bridgehead atoms. The lowest BCUT2D eigenvalue weighted by molar-refractivity contribution is 0.627. The maximum Gasteiger partial charge on any atom is 0.184 e. The van der Waals surface area contributed by atoms with Gasteiger partial charge in [-0.25, -0.2) is 9.07 Å². The van der Waals surface area contributed by atoms with Gasteiger partial charge in [-0.2, -0.15) is 0 Å². The molecule has 0 aliphatic heterocycles. The second kappa shape index (κ2) is 7.32. The average molecular weight is 403 g/mol. The molecule has 0 aliphatic carbocycles. The Labute approximate surface area is 155 Å². The monoisotopic (exact) mass is 402 g/mol. The number of rotatable bonds is 4. The summed E-state index contributed by atoms with van der Waals surface area (Å²) in [5.74, 6) is 0.308. The van der Waals surface area contributed by atoms with Crippen LogP contribution < -0.4 is 0 Å². The van der Waals surface area contributed by atoms with E-state index < -0.39 is 0 Å². The van der Waals surface area contributed by atoms with Crippen LogP contribution in [0.25, 0.3) is 5.69 Å². The molecular weight excluding hydrogens is 394 g/mol. The van der Waals surface area contributed by atoms with Crippen molar-refractivity contribution in [1.29, 1.82) is 0 Å². The standard InChI is InChI=1S/C15H9Cl2FN2S3/c16-12-2-1-3-13(17)11(12)8-22-14-19-20(15(21)23-14)10-6-4-9(18)5-7-10/h1-7H,8H2. The van der Waals surface area contributed by atoms with Crippen LogP contribution in [0, 0.1) is 9.77 Å². The molecule has 0 saturated carbocycles. The zero-order valence-corrected chi connectivity index (χ0v) is 15.5. The zero-order valence-electron chi connectivity index (χ0n) is 11.5. The van der Waals surface area contributed by atoms with Gasteiger partial charge in [-0.3, -0.25) is 0 Å². The molecule has 0 N–H and O–H groups in total. The predicted molar refractivity (Wildman–Crippen MR) is 98.3 cm³/mol. The van der Waals surface area contributed by atoms with Gasteiger partial charge in [-0.1, -0.05) is 52.4 Å². The summed E-state index contributed by atoms with van der Waals surface area (Å²) in [5.41, 5.74) is 1.60. The maximum atomic E-state index is 13.0. The highest BCUT2D eigenvalue weighted by atomic mass is 35.5. The van der Waals surface area contributed by atoms with Crippen molar-refractivity contribution in [1.82, 2.24) is 9.78 Å². The number of benzene rings is 2. The Bertz CT molecular complexity index is 870. The third kappa shape index (κ3) is 3.95. The number of nitrogens with zero attached hydrogens (tertiary/aromatic N) is 2. The van der Waals surface area contributed by atoms with Gasteiger partial charge in [-0.15, -0.1) is 5.10 Å². The van der Waals surface area contributed by atoms with Crippen LogP contribution in [-0.4, -0.2) is 9.78 Å². The molecule has 0 amide bonds. The second-order valence-corrected chi connectivity index (χ2v) is 8.17. The third-order valence-electron chi connectivity index (χ3n) is 3.00. The van der Waals surface area contributed by atoms with Crippen LogP contribution in [0.5, 0.6) is 0 Å². The Hall–Kier alpha value is -0.920. The number of thioether (sulfide) groups is 1. The predicted octanol–water partition coefficient (Wildman–Crippen LogP) is 6.40. The number of hydrogen-bond acceptors (Lipinski definition) is 4. The minimum atomic E-state index is -0.293. The van der Waals surface area contributed by atoms with Gasteiger partial charge in [0.25, 0.3) is 0 Å². The molecule has 0 aliphatic rings. The van der Waals surface area contributed by atoms with Gasteiger partial charge in [-0.05, 0) is 54.2 Å². The SMILES string of the molecule is Fc1ccc(-n2nc(SCc3c(Cl)cccc3Cl)sc2=S)cc1. The highest BCUT2D eigenvalue weighted by Gasteiger charge is 2.10. The van der Waals surface area contributed by atoms with Crippen LogP contribution in [0.3, 0.4) is 0 Å². The summed E-state index contributed by atoms with van der Waals surface area (Å²) in [5, 5.41) is 5.73. The van der Waals surface area contributed by atoms with E-state index in [1.54, 1.807) is 16.8 Å². The van der Waals surface area contributed by atoms with Gasteiger partial charge < -0.3 is 0 Å². The lowest BCUT2D eigenvalue weighted by Gasteiger charge is -2.04. The smallest absolute Gasteiger partial charge is 0.184 e. The molecule has 118 valence electrons. The highest BCUT2D eigenvalue weighted by molar-refractivity contribution is 8.00. The van der Waals surface area contributed by atoms with E-state index in [-0.39, 0.29) is 5.82 Å². The Morgan fingerprint density at radius 1 is 1.13 bits per heavy atom.